The maximum Gasteiger partial charge on any atom is 0.228 e. The van der Waals surface area contributed by atoms with Gasteiger partial charge < -0.3 is 20.3 Å². The molecule has 6 rings (SSSR count). The summed E-state index contributed by atoms with van der Waals surface area (Å²) in [6, 6.07) is 8.82. The van der Waals surface area contributed by atoms with E-state index in [1.54, 1.807) is 11.3 Å². The van der Waals surface area contributed by atoms with Crippen molar-refractivity contribution in [3.63, 3.8) is 0 Å². The Morgan fingerprint density at radius 2 is 1.94 bits per heavy atom. The van der Waals surface area contributed by atoms with Crippen molar-refractivity contribution in [3.05, 3.63) is 34.7 Å². The molecule has 3 unspecified atom stereocenters. The van der Waals surface area contributed by atoms with Crippen molar-refractivity contribution >= 4 is 50.8 Å². The number of piperidine rings is 2. The molecule has 190 valence electrons. The summed E-state index contributed by atoms with van der Waals surface area (Å²) >= 11 is 8.31. The Kier molecular flexibility index (Phi) is 6.52. The van der Waals surface area contributed by atoms with Gasteiger partial charge in [0.05, 0.1) is 11.5 Å². The Labute approximate surface area is 220 Å². The lowest BCUT2D eigenvalue weighted by Crippen LogP contribution is -2.46. The molecule has 1 aromatic carbocycles. The lowest BCUT2D eigenvalue weighted by Gasteiger charge is -2.40. The largest absolute Gasteiger partial charge is 0.381 e. The maximum absolute atomic E-state index is 11.6. The Bertz CT molecular complexity index is 1270. The second-order valence-electron chi connectivity index (χ2n) is 10.4. The van der Waals surface area contributed by atoms with Gasteiger partial charge in [-0.1, -0.05) is 29.8 Å². The molecule has 9 heteroatoms. The van der Waals surface area contributed by atoms with Gasteiger partial charge in [0.1, 0.15) is 10.6 Å². The number of fused-ring (bicyclic) bond motifs is 3. The molecule has 0 saturated carbocycles. The van der Waals surface area contributed by atoms with Crippen molar-refractivity contribution < 1.29 is 9.53 Å². The first kappa shape index (κ1) is 23.9. The van der Waals surface area contributed by atoms with Crippen LogP contribution in [0.15, 0.2) is 29.6 Å². The molecule has 36 heavy (non-hydrogen) atoms. The fourth-order valence-corrected chi connectivity index (χ4v) is 7.65. The number of ether oxygens (including phenoxy) is 1. The van der Waals surface area contributed by atoms with E-state index in [1.165, 1.54) is 0 Å². The zero-order valence-corrected chi connectivity index (χ0v) is 22.1. The Morgan fingerprint density at radius 3 is 2.67 bits per heavy atom. The highest BCUT2D eigenvalue weighted by Crippen LogP contribution is 2.47. The fraction of sp³-hybridized carbons (Fsp3) is 0.519. The third-order valence-electron chi connectivity index (χ3n) is 8.13. The molecular weight excluding hydrogens is 494 g/mol. The Hall–Kier alpha value is -2.42. The van der Waals surface area contributed by atoms with Gasteiger partial charge in [-0.2, -0.15) is 4.98 Å². The van der Waals surface area contributed by atoms with Crippen molar-refractivity contribution in [2.24, 2.45) is 11.7 Å². The van der Waals surface area contributed by atoms with E-state index in [2.05, 4.69) is 21.2 Å². The van der Waals surface area contributed by atoms with Crippen LogP contribution >= 0.6 is 22.9 Å². The van der Waals surface area contributed by atoms with Crippen molar-refractivity contribution in [3.8, 4) is 11.1 Å². The molecule has 3 saturated heterocycles. The first-order chi connectivity index (χ1) is 17.5. The van der Waals surface area contributed by atoms with Crippen LogP contribution in [0.5, 0.6) is 0 Å². The molecule has 2 bridgehead atoms. The first-order valence-corrected chi connectivity index (χ1v) is 14.2. The standard InChI is InChI=1S/C27H32ClN5O2S/c1-35-19-12-17-8-9-18(13-19)33(17)25-24-21(20-6-2-3-7-22(20)28)15-36-26(24)31-27(30-25)32-10-4-5-16(14-32)11-23(29)34/h2-3,6-7,15-19H,4-5,8-14H2,1H3,(H2,29,34). The molecule has 3 aliphatic rings. The minimum atomic E-state index is -0.237. The number of anilines is 2. The monoisotopic (exact) mass is 525 g/mol. The number of hydrogen-bond acceptors (Lipinski definition) is 7. The highest BCUT2D eigenvalue weighted by molar-refractivity contribution is 7.17. The average molecular weight is 526 g/mol. The third kappa shape index (κ3) is 4.33. The van der Waals surface area contributed by atoms with Gasteiger partial charge in [-0.15, -0.1) is 11.3 Å². The summed E-state index contributed by atoms with van der Waals surface area (Å²) in [6.45, 7) is 1.65. The number of carbonyl (C=O) groups excluding carboxylic acids is 1. The van der Waals surface area contributed by atoms with Crippen LogP contribution in [0.4, 0.5) is 11.8 Å². The number of rotatable bonds is 6. The topological polar surface area (TPSA) is 84.6 Å². The number of halogens is 1. The Morgan fingerprint density at radius 1 is 1.17 bits per heavy atom. The van der Waals surface area contributed by atoms with E-state index in [9.17, 15) is 4.79 Å². The second kappa shape index (κ2) is 9.80. The number of aromatic nitrogens is 2. The van der Waals surface area contributed by atoms with Gasteiger partial charge in [0.2, 0.25) is 11.9 Å². The predicted molar refractivity (Wildman–Crippen MR) is 146 cm³/mol. The molecule has 0 aliphatic carbocycles. The van der Waals surface area contributed by atoms with Gasteiger partial charge in [-0.05, 0) is 50.5 Å². The molecule has 1 amide bonds. The molecule has 3 aromatic rings. The van der Waals surface area contributed by atoms with Gasteiger partial charge >= 0.3 is 0 Å². The summed E-state index contributed by atoms with van der Waals surface area (Å²) < 4.78 is 5.78. The van der Waals surface area contributed by atoms with Crippen LogP contribution in [-0.4, -0.2) is 54.3 Å². The minimum absolute atomic E-state index is 0.237. The Balaban J connectivity index is 1.47. The number of nitrogens with zero attached hydrogens (tertiary/aromatic N) is 4. The van der Waals surface area contributed by atoms with E-state index in [-0.39, 0.29) is 11.8 Å². The highest BCUT2D eigenvalue weighted by Gasteiger charge is 2.43. The van der Waals surface area contributed by atoms with Gasteiger partial charge in [0.15, 0.2) is 0 Å². The van der Waals surface area contributed by atoms with Gasteiger partial charge in [0.25, 0.3) is 0 Å². The normalized spacial score (nSPS) is 26.1. The number of carbonyl (C=O) groups is 1. The zero-order chi connectivity index (χ0) is 24.8. The lowest BCUT2D eigenvalue weighted by molar-refractivity contribution is -0.118. The summed E-state index contributed by atoms with van der Waals surface area (Å²) in [7, 11) is 1.83. The van der Waals surface area contributed by atoms with E-state index in [4.69, 9.17) is 32.0 Å². The number of primary amides is 1. The van der Waals surface area contributed by atoms with Crippen LogP contribution in [0, 0.1) is 5.92 Å². The zero-order valence-electron chi connectivity index (χ0n) is 20.5. The molecule has 3 fully saturated rings. The molecule has 3 atom stereocenters. The number of amides is 1. The van der Waals surface area contributed by atoms with E-state index < -0.39 is 0 Å². The van der Waals surface area contributed by atoms with E-state index in [1.807, 2.05) is 25.3 Å². The molecule has 2 aromatic heterocycles. The third-order valence-corrected chi connectivity index (χ3v) is 9.33. The summed E-state index contributed by atoms with van der Waals surface area (Å²) in [6.07, 6.45) is 7.08. The predicted octanol–water partition coefficient (Wildman–Crippen LogP) is 5.25. The van der Waals surface area contributed by atoms with Gasteiger partial charge in [-0.3, -0.25) is 4.79 Å². The summed E-state index contributed by atoms with van der Waals surface area (Å²) in [5.41, 5.74) is 7.63. The second-order valence-corrected chi connectivity index (χ2v) is 11.7. The van der Waals surface area contributed by atoms with Crippen LogP contribution < -0.4 is 15.5 Å². The molecule has 3 aliphatic heterocycles. The van der Waals surface area contributed by atoms with Crippen molar-refractivity contribution in [1.29, 1.82) is 0 Å². The molecule has 0 radical (unpaired) electrons. The van der Waals surface area contributed by atoms with E-state index >= 15 is 0 Å². The van der Waals surface area contributed by atoms with Crippen LogP contribution in [-0.2, 0) is 9.53 Å². The van der Waals surface area contributed by atoms with Crippen molar-refractivity contribution in [2.75, 3.05) is 30.0 Å². The number of methoxy groups -OCH3 is 1. The fourth-order valence-electron chi connectivity index (χ4n) is 6.48. The van der Waals surface area contributed by atoms with Crippen LogP contribution in [0.3, 0.4) is 0 Å². The summed E-state index contributed by atoms with van der Waals surface area (Å²) in [4.78, 5) is 27.7. The number of thiophene rings is 1. The minimum Gasteiger partial charge on any atom is -0.381 e. The number of hydrogen-bond donors (Lipinski definition) is 1. The van der Waals surface area contributed by atoms with Crippen LogP contribution in [0.1, 0.15) is 44.9 Å². The van der Waals surface area contributed by atoms with Crippen molar-refractivity contribution in [2.45, 2.75) is 63.1 Å². The smallest absolute Gasteiger partial charge is 0.228 e. The molecule has 5 heterocycles. The first-order valence-electron chi connectivity index (χ1n) is 12.9. The number of nitrogens with two attached hydrogens (primary N) is 1. The van der Waals surface area contributed by atoms with Gasteiger partial charge in [0, 0.05) is 60.2 Å². The summed E-state index contributed by atoms with van der Waals surface area (Å²) in [5.74, 6) is 1.78. The molecule has 0 spiro atoms. The van der Waals surface area contributed by atoms with Crippen LogP contribution in [0.2, 0.25) is 5.02 Å². The lowest BCUT2D eigenvalue weighted by atomic mass is 9.95. The SMILES string of the molecule is COC1CC2CCC(C1)N2c1nc(N2CCCC(CC(N)=O)C2)nc2scc(-c3ccccc3Cl)c12. The quantitative estimate of drug-likeness (QED) is 0.473. The van der Waals surface area contributed by atoms with Gasteiger partial charge in [-0.25, -0.2) is 4.98 Å². The highest BCUT2D eigenvalue weighted by atomic mass is 35.5. The van der Waals surface area contributed by atoms with Crippen LogP contribution in [0.25, 0.3) is 21.3 Å². The molecule has 2 N–H and O–H groups in total. The molecular formula is C27H32ClN5O2S. The van der Waals surface area contributed by atoms with E-state index in [0.29, 0.717) is 24.6 Å². The van der Waals surface area contributed by atoms with Crippen molar-refractivity contribution in [1.82, 2.24) is 9.97 Å². The summed E-state index contributed by atoms with van der Waals surface area (Å²) in [5, 5.41) is 4.00. The van der Waals surface area contributed by atoms with E-state index in [0.717, 1.165) is 89.7 Å². The number of benzene rings is 1. The maximum atomic E-state index is 11.6. The molecule has 7 nitrogen and oxygen atoms in total. The average Bonchev–Trinajstić information content (AvgIpc) is 3.41.